The highest BCUT2D eigenvalue weighted by atomic mass is 16.5. The first-order valence-electron chi connectivity index (χ1n) is 8.52. The largest absolute Gasteiger partial charge is 0.385 e. The van der Waals surface area contributed by atoms with Gasteiger partial charge in [-0.1, -0.05) is 12.5 Å². The zero-order chi connectivity index (χ0) is 16.5. The average molecular weight is 318 g/mol. The normalized spacial score (nSPS) is 16.7. The lowest BCUT2D eigenvalue weighted by atomic mass is 9.67. The summed E-state index contributed by atoms with van der Waals surface area (Å²) < 4.78 is 5.25. The number of aryl methyl sites for hydroxylation is 1. The lowest BCUT2D eigenvalue weighted by Crippen LogP contribution is -2.47. The number of nitrogens with one attached hydrogen (secondary N) is 2. The van der Waals surface area contributed by atoms with Gasteiger partial charge in [0.05, 0.1) is 0 Å². The SMILES string of the molecule is CN=C(NCCc1ccc(C)nc1)NCC1(CCOC)CCC1. The second-order valence-electron chi connectivity index (χ2n) is 6.51. The fourth-order valence-corrected chi connectivity index (χ4v) is 2.97. The molecule has 1 fully saturated rings. The third-order valence-electron chi connectivity index (χ3n) is 4.78. The van der Waals surface area contributed by atoms with Gasteiger partial charge in [0, 0.05) is 45.7 Å². The van der Waals surface area contributed by atoms with Gasteiger partial charge in [0.2, 0.25) is 0 Å². The molecule has 5 heteroatoms. The van der Waals surface area contributed by atoms with E-state index in [0.717, 1.165) is 44.2 Å². The lowest BCUT2D eigenvalue weighted by molar-refractivity contribution is 0.0732. The Labute approximate surface area is 139 Å². The highest BCUT2D eigenvalue weighted by Crippen LogP contribution is 2.43. The van der Waals surface area contributed by atoms with Gasteiger partial charge >= 0.3 is 0 Å². The van der Waals surface area contributed by atoms with Crippen LogP contribution in [0.3, 0.4) is 0 Å². The van der Waals surface area contributed by atoms with E-state index in [1.54, 1.807) is 7.11 Å². The molecule has 1 aromatic rings. The molecule has 0 unspecified atom stereocenters. The minimum atomic E-state index is 0.397. The molecular weight excluding hydrogens is 288 g/mol. The number of aliphatic imine (C=N–C) groups is 1. The smallest absolute Gasteiger partial charge is 0.191 e. The topological polar surface area (TPSA) is 58.5 Å². The molecule has 1 aliphatic rings. The molecular formula is C18H30N4O. The molecule has 0 amide bonds. The molecule has 1 heterocycles. The lowest BCUT2D eigenvalue weighted by Gasteiger charge is -2.42. The van der Waals surface area contributed by atoms with Crippen molar-refractivity contribution in [3.8, 4) is 0 Å². The van der Waals surface area contributed by atoms with Gasteiger partial charge in [-0.15, -0.1) is 0 Å². The van der Waals surface area contributed by atoms with Crippen molar-refractivity contribution in [2.75, 3.05) is 33.9 Å². The van der Waals surface area contributed by atoms with Gasteiger partial charge in [-0.3, -0.25) is 9.98 Å². The molecule has 0 spiro atoms. The van der Waals surface area contributed by atoms with Crippen LogP contribution in [-0.2, 0) is 11.2 Å². The van der Waals surface area contributed by atoms with Crippen LogP contribution in [0.15, 0.2) is 23.3 Å². The minimum Gasteiger partial charge on any atom is -0.385 e. The Morgan fingerprint density at radius 2 is 2.17 bits per heavy atom. The van der Waals surface area contributed by atoms with E-state index >= 15 is 0 Å². The van der Waals surface area contributed by atoms with Gasteiger partial charge in [-0.25, -0.2) is 0 Å². The second-order valence-corrected chi connectivity index (χ2v) is 6.51. The molecule has 0 atom stereocenters. The third kappa shape index (κ3) is 5.50. The van der Waals surface area contributed by atoms with E-state index in [0.29, 0.717) is 5.41 Å². The van der Waals surface area contributed by atoms with Crippen molar-refractivity contribution in [3.63, 3.8) is 0 Å². The Morgan fingerprint density at radius 3 is 2.74 bits per heavy atom. The van der Waals surface area contributed by atoms with Crippen LogP contribution in [-0.4, -0.2) is 44.8 Å². The number of aromatic nitrogens is 1. The molecule has 2 rings (SSSR count). The first kappa shape index (κ1) is 17.7. The molecule has 1 aliphatic carbocycles. The number of pyridine rings is 1. The summed E-state index contributed by atoms with van der Waals surface area (Å²) in [6, 6.07) is 4.19. The van der Waals surface area contributed by atoms with E-state index < -0.39 is 0 Å². The predicted octanol–water partition coefficient (Wildman–Crippen LogP) is 2.30. The molecule has 23 heavy (non-hydrogen) atoms. The zero-order valence-electron chi connectivity index (χ0n) is 14.7. The maximum atomic E-state index is 5.25. The van der Waals surface area contributed by atoms with E-state index in [9.17, 15) is 0 Å². The first-order chi connectivity index (χ1) is 11.2. The van der Waals surface area contributed by atoms with Crippen molar-refractivity contribution in [2.24, 2.45) is 10.4 Å². The summed E-state index contributed by atoms with van der Waals surface area (Å²) in [5.41, 5.74) is 2.70. The van der Waals surface area contributed by atoms with E-state index in [1.807, 2.05) is 20.2 Å². The summed E-state index contributed by atoms with van der Waals surface area (Å²) in [5.74, 6) is 0.883. The molecule has 0 aromatic carbocycles. The highest BCUT2D eigenvalue weighted by molar-refractivity contribution is 5.79. The van der Waals surface area contributed by atoms with Crippen molar-refractivity contribution in [2.45, 2.75) is 39.0 Å². The molecule has 128 valence electrons. The summed E-state index contributed by atoms with van der Waals surface area (Å²) >= 11 is 0. The quantitative estimate of drug-likeness (QED) is 0.570. The van der Waals surface area contributed by atoms with Crippen LogP contribution in [0.4, 0.5) is 0 Å². The van der Waals surface area contributed by atoms with Gasteiger partial charge in [-0.2, -0.15) is 0 Å². The summed E-state index contributed by atoms with van der Waals surface area (Å²) in [4.78, 5) is 8.65. The number of ether oxygens (including phenoxy) is 1. The minimum absolute atomic E-state index is 0.397. The second kappa shape index (κ2) is 8.87. The molecule has 0 aliphatic heterocycles. The van der Waals surface area contributed by atoms with Crippen LogP contribution < -0.4 is 10.6 Å². The van der Waals surface area contributed by atoms with E-state index in [2.05, 4.69) is 32.7 Å². The van der Waals surface area contributed by atoms with Gasteiger partial charge < -0.3 is 15.4 Å². The summed E-state index contributed by atoms with van der Waals surface area (Å²) in [6.45, 7) is 4.68. The van der Waals surface area contributed by atoms with Crippen molar-refractivity contribution < 1.29 is 4.74 Å². The molecule has 0 radical (unpaired) electrons. The van der Waals surface area contributed by atoms with Crippen LogP contribution in [0.1, 0.15) is 36.9 Å². The van der Waals surface area contributed by atoms with Crippen LogP contribution in [0, 0.1) is 12.3 Å². The summed E-state index contributed by atoms with van der Waals surface area (Å²) in [7, 11) is 3.60. The molecule has 1 saturated carbocycles. The number of rotatable bonds is 8. The number of hydrogen-bond acceptors (Lipinski definition) is 3. The molecule has 2 N–H and O–H groups in total. The number of hydrogen-bond donors (Lipinski definition) is 2. The number of guanidine groups is 1. The maximum Gasteiger partial charge on any atom is 0.191 e. The fourth-order valence-electron chi connectivity index (χ4n) is 2.97. The summed E-state index contributed by atoms with van der Waals surface area (Å²) in [5, 5.41) is 6.87. The third-order valence-corrected chi connectivity index (χ3v) is 4.78. The summed E-state index contributed by atoms with van der Waals surface area (Å²) in [6.07, 6.45) is 7.93. The van der Waals surface area contributed by atoms with E-state index in [-0.39, 0.29) is 0 Å². The van der Waals surface area contributed by atoms with E-state index in [1.165, 1.54) is 24.8 Å². The van der Waals surface area contributed by atoms with Crippen LogP contribution in [0.25, 0.3) is 0 Å². The Kier molecular flexibility index (Phi) is 6.84. The van der Waals surface area contributed by atoms with Crippen LogP contribution >= 0.6 is 0 Å². The molecule has 0 saturated heterocycles. The maximum absolute atomic E-state index is 5.25. The van der Waals surface area contributed by atoms with Crippen molar-refractivity contribution in [1.29, 1.82) is 0 Å². The van der Waals surface area contributed by atoms with Crippen LogP contribution in [0.2, 0.25) is 0 Å². The molecule has 1 aromatic heterocycles. The molecule has 0 bridgehead atoms. The van der Waals surface area contributed by atoms with Gasteiger partial charge in [0.25, 0.3) is 0 Å². The molecule has 5 nitrogen and oxygen atoms in total. The average Bonchev–Trinajstić information content (AvgIpc) is 2.53. The first-order valence-corrected chi connectivity index (χ1v) is 8.52. The monoisotopic (exact) mass is 318 g/mol. The number of nitrogens with zero attached hydrogens (tertiary/aromatic N) is 2. The Hall–Kier alpha value is -1.62. The van der Waals surface area contributed by atoms with Gasteiger partial charge in [0.1, 0.15) is 0 Å². The van der Waals surface area contributed by atoms with Crippen molar-refractivity contribution in [3.05, 3.63) is 29.6 Å². The Balaban J connectivity index is 1.71. The van der Waals surface area contributed by atoms with Crippen LogP contribution in [0.5, 0.6) is 0 Å². The van der Waals surface area contributed by atoms with Crippen molar-refractivity contribution in [1.82, 2.24) is 15.6 Å². The number of methoxy groups -OCH3 is 1. The highest BCUT2D eigenvalue weighted by Gasteiger charge is 2.36. The van der Waals surface area contributed by atoms with Gasteiger partial charge in [0.15, 0.2) is 5.96 Å². The zero-order valence-corrected chi connectivity index (χ0v) is 14.7. The van der Waals surface area contributed by atoms with Gasteiger partial charge in [-0.05, 0) is 49.7 Å². The standard InChI is InChI=1S/C18H30N4O/c1-15-5-6-16(13-21-15)7-11-20-17(19-2)22-14-18(8-4-9-18)10-12-23-3/h5-6,13H,4,7-12,14H2,1-3H3,(H2,19,20,22). The Morgan fingerprint density at radius 1 is 1.35 bits per heavy atom. The fraction of sp³-hybridized carbons (Fsp3) is 0.667. The predicted molar refractivity (Wildman–Crippen MR) is 94.8 cm³/mol. The Bertz CT molecular complexity index is 494. The van der Waals surface area contributed by atoms with Crippen molar-refractivity contribution >= 4 is 5.96 Å². The van der Waals surface area contributed by atoms with E-state index in [4.69, 9.17) is 4.74 Å².